The number of rotatable bonds is 12. The summed E-state index contributed by atoms with van der Waals surface area (Å²) in [7, 11) is -3.93. The smallest absolute Gasteiger partial charge is 0.244 e. The Bertz CT molecular complexity index is 935. The summed E-state index contributed by atoms with van der Waals surface area (Å²) in [5, 5.41) is 12.6. The van der Waals surface area contributed by atoms with Crippen LogP contribution in [0.15, 0.2) is 59.5 Å². The van der Waals surface area contributed by atoms with Gasteiger partial charge in [0.15, 0.2) is 0 Å². The lowest BCUT2D eigenvalue weighted by Crippen LogP contribution is -2.46. The zero-order valence-electron chi connectivity index (χ0n) is 17.8. The highest BCUT2D eigenvalue weighted by Crippen LogP contribution is 2.24. The fraction of sp³-hybridized carbons (Fsp3) is 0.409. The van der Waals surface area contributed by atoms with E-state index in [2.05, 4.69) is 10.0 Å². The molecular weight excluding hydrogens is 418 g/mol. The number of sulfonamides is 1. The molecule has 2 aromatic carbocycles. The molecule has 0 saturated heterocycles. The number of nitrogens with two attached hydrogens (primary N) is 1. The largest absolute Gasteiger partial charge is 0.487 e. The summed E-state index contributed by atoms with van der Waals surface area (Å²) in [5.41, 5.74) is 6.70. The highest BCUT2D eigenvalue weighted by atomic mass is 32.2. The van der Waals surface area contributed by atoms with Crippen LogP contribution in [0.1, 0.15) is 25.8 Å². The number of aliphatic hydroxyl groups is 1. The van der Waals surface area contributed by atoms with Crippen molar-refractivity contribution in [2.75, 3.05) is 13.1 Å². The van der Waals surface area contributed by atoms with E-state index in [1.807, 2.05) is 44.2 Å². The predicted molar refractivity (Wildman–Crippen MR) is 119 cm³/mol. The maximum atomic E-state index is 12.7. The van der Waals surface area contributed by atoms with Crippen molar-refractivity contribution in [1.29, 1.82) is 0 Å². The molecule has 2 aromatic rings. The third kappa shape index (κ3) is 8.29. The lowest BCUT2D eigenvalue weighted by molar-refractivity contribution is -0.123. The number of aliphatic hydroxyl groups excluding tert-OH is 1. The van der Waals surface area contributed by atoms with E-state index in [1.165, 1.54) is 6.07 Å². The number of amides is 1. The van der Waals surface area contributed by atoms with E-state index in [4.69, 9.17) is 10.5 Å². The first kappa shape index (κ1) is 24.8. The Morgan fingerprint density at radius 1 is 1.06 bits per heavy atom. The fourth-order valence-electron chi connectivity index (χ4n) is 2.85. The first-order chi connectivity index (χ1) is 14.7. The highest BCUT2D eigenvalue weighted by molar-refractivity contribution is 7.89. The number of para-hydroxylation sites is 1. The molecule has 0 aliphatic heterocycles. The molecule has 0 aliphatic carbocycles. The van der Waals surface area contributed by atoms with E-state index in [0.29, 0.717) is 6.42 Å². The van der Waals surface area contributed by atoms with E-state index in [0.717, 1.165) is 5.56 Å². The van der Waals surface area contributed by atoms with Crippen LogP contribution in [0.2, 0.25) is 0 Å². The Balaban J connectivity index is 1.91. The zero-order chi connectivity index (χ0) is 22.9. The van der Waals surface area contributed by atoms with Gasteiger partial charge in [-0.05, 0) is 30.0 Å². The van der Waals surface area contributed by atoms with Gasteiger partial charge in [-0.3, -0.25) is 4.79 Å². The summed E-state index contributed by atoms with van der Waals surface area (Å²) in [6.45, 7) is 3.75. The van der Waals surface area contributed by atoms with Crippen LogP contribution < -0.4 is 20.5 Å². The van der Waals surface area contributed by atoms with Gasteiger partial charge in [-0.1, -0.05) is 56.3 Å². The summed E-state index contributed by atoms with van der Waals surface area (Å²) in [5.74, 6) is 0.0956. The molecule has 2 rings (SSSR count). The van der Waals surface area contributed by atoms with Crippen LogP contribution in [0, 0.1) is 5.92 Å². The first-order valence-corrected chi connectivity index (χ1v) is 11.6. The van der Waals surface area contributed by atoms with Crippen molar-refractivity contribution < 1.29 is 23.1 Å². The first-order valence-electron chi connectivity index (χ1n) is 10.2. The normalized spacial score (nSPS) is 13.6. The Hall–Kier alpha value is -2.46. The van der Waals surface area contributed by atoms with Gasteiger partial charge in [0, 0.05) is 13.1 Å². The van der Waals surface area contributed by atoms with Crippen molar-refractivity contribution in [3.8, 4) is 5.75 Å². The van der Waals surface area contributed by atoms with Crippen molar-refractivity contribution in [2.45, 2.75) is 43.9 Å². The Labute approximate surface area is 183 Å². The van der Waals surface area contributed by atoms with Crippen LogP contribution in [-0.2, 0) is 21.4 Å². The second-order valence-electron chi connectivity index (χ2n) is 7.71. The molecule has 0 aromatic heterocycles. The average molecular weight is 450 g/mol. The van der Waals surface area contributed by atoms with Crippen LogP contribution in [0.25, 0.3) is 0 Å². The quantitative estimate of drug-likeness (QED) is 0.387. The molecule has 9 heteroatoms. The number of hydrogen-bond donors (Lipinski definition) is 4. The minimum Gasteiger partial charge on any atom is -0.487 e. The van der Waals surface area contributed by atoms with Crippen molar-refractivity contribution in [2.24, 2.45) is 11.7 Å². The minimum absolute atomic E-state index is 0.0267. The third-order valence-corrected chi connectivity index (χ3v) is 5.92. The topological polar surface area (TPSA) is 131 Å². The highest BCUT2D eigenvalue weighted by Gasteiger charge is 2.21. The molecule has 0 bridgehead atoms. The fourth-order valence-corrected chi connectivity index (χ4v) is 4.06. The monoisotopic (exact) mass is 449 g/mol. The standard InChI is InChI=1S/C22H31N3O5S/c1-16(2)12-19(23)22(27)24-13-18(26)14-25-31(28,29)21-11-7-6-10-20(21)30-15-17-8-4-3-5-9-17/h3-11,16,18-19,25-26H,12-15,23H2,1-2H3,(H,24,27). The number of carbonyl (C=O) groups excluding carboxylic acids is 1. The zero-order valence-corrected chi connectivity index (χ0v) is 18.6. The van der Waals surface area contributed by atoms with E-state index in [1.54, 1.807) is 18.2 Å². The lowest BCUT2D eigenvalue weighted by Gasteiger charge is -2.17. The third-order valence-electron chi connectivity index (χ3n) is 4.46. The number of benzene rings is 2. The molecule has 0 spiro atoms. The number of hydrogen-bond acceptors (Lipinski definition) is 6. The summed E-state index contributed by atoms with van der Waals surface area (Å²) in [6.07, 6.45) is -0.587. The molecule has 31 heavy (non-hydrogen) atoms. The molecule has 170 valence electrons. The summed E-state index contributed by atoms with van der Waals surface area (Å²) >= 11 is 0. The Kier molecular flexibility index (Phi) is 9.44. The van der Waals surface area contributed by atoms with Gasteiger partial charge < -0.3 is 20.9 Å². The summed E-state index contributed by atoms with van der Waals surface area (Å²) < 4.78 is 33.5. The van der Waals surface area contributed by atoms with Crippen LogP contribution in [0.4, 0.5) is 0 Å². The molecule has 0 radical (unpaired) electrons. The number of nitrogens with one attached hydrogen (secondary N) is 2. The van der Waals surface area contributed by atoms with Gasteiger partial charge in [-0.2, -0.15) is 0 Å². The van der Waals surface area contributed by atoms with E-state index >= 15 is 0 Å². The Morgan fingerprint density at radius 3 is 2.39 bits per heavy atom. The summed E-state index contributed by atoms with van der Waals surface area (Å²) in [6, 6.07) is 15.0. The molecule has 8 nitrogen and oxygen atoms in total. The van der Waals surface area contributed by atoms with Crippen LogP contribution >= 0.6 is 0 Å². The SMILES string of the molecule is CC(C)CC(N)C(=O)NCC(O)CNS(=O)(=O)c1ccccc1OCc1ccccc1. The maximum Gasteiger partial charge on any atom is 0.244 e. The second-order valence-corrected chi connectivity index (χ2v) is 9.44. The van der Waals surface area contributed by atoms with Gasteiger partial charge in [0.25, 0.3) is 0 Å². The van der Waals surface area contributed by atoms with E-state index in [-0.39, 0.29) is 42.2 Å². The van der Waals surface area contributed by atoms with Gasteiger partial charge in [-0.25, -0.2) is 13.1 Å². The predicted octanol–water partition coefficient (Wildman–Crippen LogP) is 1.39. The molecule has 0 aliphatic rings. The van der Waals surface area contributed by atoms with Crippen molar-refractivity contribution in [1.82, 2.24) is 10.0 Å². The number of carbonyl (C=O) groups is 1. The van der Waals surface area contributed by atoms with E-state index in [9.17, 15) is 18.3 Å². The second kappa shape index (κ2) is 11.8. The molecule has 2 unspecified atom stereocenters. The molecule has 5 N–H and O–H groups in total. The molecule has 0 saturated carbocycles. The van der Waals surface area contributed by atoms with Crippen LogP contribution in [-0.4, -0.2) is 44.7 Å². The average Bonchev–Trinajstić information content (AvgIpc) is 2.75. The molecular formula is C22H31N3O5S. The molecule has 1 amide bonds. The van der Waals surface area contributed by atoms with Crippen LogP contribution in [0.3, 0.4) is 0 Å². The van der Waals surface area contributed by atoms with Gasteiger partial charge in [0.1, 0.15) is 17.3 Å². The molecule has 0 fully saturated rings. The van der Waals surface area contributed by atoms with Gasteiger partial charge in [0.05, 0.1) is 12.1 Å². The minimum atomic E-state index is -3.93. The van der Waals surface area contributed by atoms with Crippen molar-refractivity contribution in [3.05, 3.63) is 60.2 Å². The van der Waals surface area contributed by atoms with Crippen LogP contribution in [0.5, 0.6) is 5.75 Å². The maximum absolute atomic E-state index is 12.7. The van der Waals surface area contributed by atoms with E-state index < -0.39 is 22.2 Å². The van der Waals surface area contributed by atoms with Gasteiger partial charge >= 0.3 is 0 Å². The van der Waals surface area contributed by atoms with Crippen molar-refractivity contribution >= 4 is 15.9 Å². The number of ether oxygens (including phenoxy) is 1. The lowest BCUT2D eigenvalue weighted by atomic mass is 10.0. The Morgan fingerprint density at radius 2 is 1.71 bits per heavy atom. The molecule has 0 heterocycles. The molecule has 2 atom stereocenters. The van der Waals surface area contributed by atoms with Gasteiger partial charge in [0.2, 0.25) is 15.9 Å². The van der Waals surface area contributed by atoms with Crippen molar-refractivity contribution in [3.63, 3.8) is 0 Å². The van der Waals surface area contributed by atoms with Gasteiger partial charge in [-0.15, -0.1) is 0 Å². The summed E-state index contributed by atoms with van der Waals surface area (Å²) in [4.78, 5) is 11.9.